The molecule has 0 saturated carbocycles. The molecule has 0 N–H and O–H groups in total. The zero-order chi connectivity index (χ0) is 24.5. The van der Waals surface area contributed by atoms with Crippen LogP contribution < -0.4 is 4.74 Å². The molecule has 0 bridgehead atoms. The van der Waals surface area contributed by atoms with Gasteiger partial charge in [-0.05, 0) is 60.2 Å². The van der Waals surface area contributed by atoms with Crippen LogP contribution in [0, 0.1) is 11.6 Å². The van der Waals surface area contributed by atoms with Crippen molar-refractivity contribution < 1.29 is 18.3 Å². The van der Waals surface area contributed by atoms with Crippen molar-refractivity contribution in [3.63, 3.8) is 0 Å². The number of fused-ring (bicyclic) bond motifs is 1. The SMILES string of the molecule is COc1ccccc1C1CCN(C(=O)c2cn(Cc3cc(F)cc(F)c3)c3cc(Cl)ccc23)CC1. The van der Waals surface area contributed by atoms with Gasteiger partial charge in [0.1, 0.15) is 17.4 Å². The van der Waals surface area contributed by atoms with Crippen molar-refractivity contribution >= 4 is 28.4 Å². The third-order valence-electron chi connectivity index (χ3n) is 6.71. The fraction of sp³-hybridized carbons (Fsp3) is 0.250. The van der Waals surface area contributed by atoms with Gasteiger partial charge in [-0.1, -0.05) is 35.9 Å². The number of amides is 1. The van der Waals surface area contributed by atoms with Crippen LogP contribution in [0.25, 0.3) is 10.9 Å². The maximum atomic E-state index is 13.7. The summed E-state index contributed by atoms with van der Waals surface area (Å²) in [5.41, 5.74) is 2.95. The van der Waals surface area contributed by atoms with Gasteiger partial charge in [0, 0.05) is 42.3 Å². The van der Waals surface area contributed by atoms with Crippen LogP contribution in [-0.4, -0.2) is 35.6 Å². The monoisotopic (exact) mass is 494 g/mol. The maximum Gasteiger partial charge on any atom is 0.256 e. The number of hydrogen-bond donors (Lipinski definition) is 0. The van der Waals surface area contributed by atoms with E-state index in [0.29, 0.717) is 35.2 Å². The standard InChI is InChI=1S/C28H25ClF2N2O2/c1-35-27-5-3-2-4-23(27)19-8-10-32(11-9-19)28(34)25-17-33(26-14-20(29)6-7-24(25)26)16-18-12-21(30)15-22(31)13-18/h2-7,12-15,17,19H,8-11,16H2,1H3. The van der Waals surface area contributed by atoms with E-state index in [1.807, 2.05) is 33.7 Å². The van der Waals surface area contributed by atoms with Crippen molar-refractivity contribution in [1.29, 1.82) is 0 Å². The zero-order valence-electron chi connectivity index (χ0n) is 19.3. The number of nitrogens with zero attached hydrogens (tertiary/aromatic N) is 2. The molecular formula is C28H25ClF2N2O2. The molecule has 1 amide bonds. The van der Waals surface area contributed by atoms with Gasteiger partial charge in [0.2, 0.25) is 0 Å². The minimum Gasteiger partial charge on any atom is -0.496 e. The molecule has 7 heteroatoms. The minimum absolute atomic E-state index is 0.0556. The first-order valence-electron chi connectivity index (χ1n) is 11.6. The molecule has 0 spiro atoms. The lowest BCUT2D eigenvalue weighted by Gasteiger charge is -2.32. The summed E-state index contributed by atoms with van der Waals surface area (Å²) in [5.74, 6) is -0.114. The Labute approximate surface area is 207 Å². The summed E-state index contributed by atoms with van der Waals surface area (Å²) in [5, 5.41) is 1.29. The molecule has 1 aliphatic heterocycles. The molecule has 5 rings (SSSR count). The number of benzene rings is 3. The minimum atomic E-state index is -0.635. The molecule has 2 heterocycles. The highest BCUT2D eigenvalue weighted by molar-refractivity contribution is 6.31. The van der Waals surface area contributed by atoms with Crippen LogP contribution in [0.2, 0.25) is 5.02 Å². The summed E-state index contributed by atoms with van der Waals surface area (Å²) in [6, 6.07) is 16.8. The van der Waals surface area contributed by atoms with E-state index in [9.17, 15) is 13.6 Å². The molecule has 0 aliphatic carbocycles. The molecule has 0 atom stereocenters. The van der Waals surface area contributed by atoms with Crippen LogP contribution in [0.3, 0.4) is 0 Å². The molecule has 180 valence electrons. The quantitative estimate of drug-likeness (QED) is 0.311. The summed E-state index contributed by atoms with van der Waals surface area (Å²) in [6.45, 7) is 1.49. The van der Waals surface area contributed by atoms with Gasteiger partial charge in [0.05, 0.1) is 18.2 Å². The van der Waals surface area contributed by atoms with Gasteiger partial charge >= 0.3 is 0 Å². The summed E-state index contributed by atoms with van der Waals surface area (Å²) < 4.78 is 34.8. The van der Waals surface area contributed by atoms with E-state index >= 15 is 0 Å². The van der Waals surface area contributed by atoms with Crippen molar-refractivity contribution in [2.24, 2.45) is 0 Å². The van der Waals surface area contributed by atoms with E-state index < -0.39 is 11.6 Å². The van der Waals surface area contributed by atoms with Crippen LogP contribution in [-0.2, 0) is 6.54 Å². The number of methoxy groups -OCH3 is 1. The number of carbonyl (C=O) groups excluding carboxylic acids is 1. The third-order valence-corrected chi connectivity index (χ3v) is 6.95. The Bertz CT molecular complexity index is 1370. The zero-order valence-corrected chi connectivity index (χ0v) is 20.1. The second-order valence-corrected chi connectivity index (χ2v) is 9.35. The van der Waals surface area contributed by atoms with Crippen LogP contribution in [0.4, 0.5) is 8.78 Å². The lowest BCUT2D eigenvalue weighted by Crippen LogP contribution is -2.37. The number of rotatable bonds is 5. The highest BCUT2D eigenvalue weighted by Crippen LogP contribution is 2.35. The number of halogens is 3. The smallest absolute Gasteiger partial charge is 0.256 e. The van der Waals surface area contributed by atoms with E-state index in [4.69, 9.17) is 16.3 Å². The van der Waals surface area contributed by atoms with E-state index in [1.54, 1.807) is 25.4 Å². The lowest BCUT2D eigenvalue weighted by molar-refractivity contribution is 0.0714. The van der Waals surface area contributed by atoms with Gasteiger partial charge in [-0.15, -0.1) is 0 Å². The molecular weight excluding hydrogens is 470 g/mol. The van der Waals surface area contributed by atoms with Crippen LogP contribution in [0.1, 0.15) is 40.2 Å². The Morgan fingerprint density at radius 2 is 1.74 bits per heavy atom. The first kappa shape index (κ1) is 23.4. The highest BCUT2D eigenvalue weighted by Gasteiger charge is 2.28. The van der Waals surface area contributed by atoms with Crippen molar-refractivity contribution in [2.45, 2.75) is 25.3 Å². The van der Waals surface area contributed by atoms with Crippen molar-refractivity contribution in [2.75, 3.05) is 20.2 Å². The fourth-order valence-corrected chi connectivity index (χ4v) is 5.20. The van der Waals surface area contributed by atoms with Crippen LogP contribution >= 0.6 is 11.6 Å². The van der Waals surface area contributed by atoms with Gasteiger partial charge in [-0.2, -0.15) is 0 Å². The lowest BCUT2D eigenvalue weighted by atomic mass is 9.88. The Kier molecular flexibility index (Phi) is 6.48. The van der Waals surface area contributed by atoms with E-state index in [-0.39, 0.29) is 12.5 Å². The first-order chi connectivity index (χ1) is 16.9. The molecule has 1 aliphatic rings. The number of carbonyl (C=O) groups is 1. The number of aromatic nitrogens is 1. The second kappa shape index (κ2) is 9.70. The topological polar surface area (TPSA) is 34.5 Å². The highest BCUT2D eigenvalue weighted by atomic mass is 35.5. The molecule has 1 fully saturated rings. The molecule has 35 heavy (non-hydrogen) atoms. The molecule has 3 aromatic carbocycles. The van der Waals surface area contributed by atoms with E-state index in [2.05, 4.69) is 6.07 Å². The molecule has 0 unspecified atom stereocenters. The number of hydrogen-bond acceptors (Lipinski definition) is 2. The number of para-hydroxylation sites is 1. The summed E-state index contributed by atoms with van der Waals surface area (Å²) in [6.07, 6.45) is 3.46. The molecule has 1 saturated heterocycles. The predicted molar refractivity (Wildman–Crippen MR) is 133 cm³/mol. The largest absolute Gasteiger partial charge is 0.496 e. The summed E-state index contributed by atoms with van der Waals surface area (Å²) in [7, 11) is 1.68. The van der Waals surface area contributed by atoms with Gasteiger partial charge < -0.3 is 14.2 Å². The third kappa shape index (κ3) is 4.76. The first-order valence-corrected chi connectivity index (χ1v) is 12.0. The van der Waals surface area contributed by atoms with Crippen molar-refractivity contribution in [1.82, 2.24) is 9.47 Å². The Morgan fingerprint density at radius 1 is 1.03 bits per heavy atom. The number of piperidine rings is 1. The average Bonchev–Trinajstić information content (AvgIpc) is 3.20. The van der Waals surface area contributed by atoms with Gasteiger partial charge in [0.25, 0.3) is 5.91 Å². The van der Waals surface area contributed by atoms with Crippen molar-refractivity contribution in [3.05, 3.63) is 100 Å². The molecule has 0 radical (unpaired) electrons. The van der Waals surface area contributed by atoms with Gasteiger partial charge in [0.15, 0.2) is 0 Å². The van der Waals surface area contributed by atoms with Crippen LogP contribution in [0.15, 0.2) is 66.9 Å². The Balaban J connectivity index is 1.40. The van der Waals surface area contributed by atoms with Gasteiger partial charge in [-0.25, -0.2) is 8.78 Å². The van der Waals surface area contributed by atoms with Crippen LogP contribution in [0.5, 0.6) is 5.75 Å². The average molecular weight is 495 g/mol. The Morgan fingerprint density at radius 3 is 2.46 bits per heavy atom. The number of ether oxygens (including phenoxy) is 1. The Hall–Kier alpha value is -3.38. The molecule has 1 aromatic heterocycles. The summed E-state index contributed by atoms with van der Waals surface area (Å²) in [4.78, 5) is 15.5. The van der Waals surface area contributed by atoms with E-state index in [1.165, 1.54) is 17.7 Å². The van der Waals surface area contributed by atoms with E-state index in [0.717, 1.165) is 35.6 Å². The maximum absolute atomic E-state index is 13.7. The fourth-order valence-electron chi connectivity index (χ4n) is 5.03. The summed E-state index contributed by atoms with van der Waals surface area (Å²) >= 11 is 6.24. The normalized spacial score (nSPS) is 14.5. The van der Waals surface area contributed by atoms with Crippen molar-refractivity contribution in [3.8, 4) is 5.75 Å². The van der Waals surface area contributed by atoms with Gasteiger partial charge in [-0.3, -0.25) is 4.79 Å². The molecule has 4 aromatic rings. The molecule has 4 nitrogen and oxygen atoms in total. The predicted octanol–water partition coefficient (Wildman–Crippen LogP) is 6.65. The number of likely N-dealkylation sites (tertiary alicyclic amines) is 1. The second-order valence-electron chi connectivity index (χ2n) is 8.92.